The predicted molar refractivity (Wildman–Crippen MR) is 186 cm³/mol. The molecule has 48 heavy (non-hydrogen) atoms. The molecule has 2 aliphatic rings. The highest BCUT2D eigenvalue weighted by Gasteiger charge is 2.37. The quantitative estimate of drug-likeness (QED) is 0.186. The van der Waals surface area contributed by atoms with Gasteiger partial charge in [0.15, 0.2) is 11.6 Å². The minimum Gasteiger partial charge on any atom is -0.455 e. The van der Waals surface area contributed by atoms with Crippen molar-refractivity contribution >= 4 is 11.0 Å². The molecule has 0 spiro atoms. The Morgan fingerprint density at radius 3 is 2.29 bits per heavy atom. The molecule has 0 radical (unpaired) electrons. The van der Waals surface area contributed by atoms with Gasteiger partial charge in [0.25, 0.3) is 0 Å². The summed E-state index contributed by atoms with van der Waals surface area (Å²) in [5, 5.41) is 0. The Kier molecular flexibility index (Phi) is 6.09. The van der Waals surface area contributed by atoms with E-state index in [1.165, 1.54) is 0 Å². The SMILES string of the molecule is Cn1c(-c2ccc(-c3cccc4c3Oc3c(-c5ccc(-c6nc7ccccc7n6C)nc5)c#ccc3C4(C)C)cn2)nc2c1C#CCC2. The van der Waals surface area contributed by atoms with Crippen LogP contribution in [0.2, 0.25) is 0 Å². The second-order valence-electron chi connectivity index (χ2n) is 12.9. The Labute approximate surface area is 279 Å². The largest absolute Gasteiger partial charge is 0.455 e. The zero-order valence-electron chi connectivity index (χ0n) is 27.1. The summed E-state index contributed by atoms with van der Waals surface area (Å²) in [6.07, 6.45) is 5.50. The summed E-state index contributed by atoms with van der Waals surface area (Å²) in [4.78, 5) is 19.4. The molecule has 9 rings (SSSR count). The van der Waals surface area contributed by atoms with Gasteiger partial charge >= 0.3 is 0 Å². The van der Waals surface area contributed by atoms with E-state index in [1.54, 1.807) is 0 Å². The van der Waals surface area contributed by atoms with Crippen molar-refractivity contribution in [3.8, 4) is 68.6 Å². The molecule has 230 valence electrons. The monoisotopic (exact) mass is 622 g/mol. The molecular formula is C41H30N6O. The topological polar surface area (TPSA) is 70.7 Å². The van der Waals surface area contributed by atoms with E-state index in [-0.39, 0.29) is 5.41 Å². The van der Waals surface area contributed by atoms with Crippen LogP contribution in [-0.4, -0.2) is 29.1 Å². The number of hydrogen-bond acceptors (Lipinski definition) is 5. The van der Waals surface area contributed by atoms with Gasteiger partial charge in [0.1, 0.15) is 28.6 Å². The van der Waals surface area contributed by atoms with Crippen LogP contribution in [0.3, 0.4) is 0 Å². The number of rotatable bonds is 4. The van der Waals surface area contributed by atoms with Crippen LogP contribution in [0.4, 0.5) is 0 Å². The fourth-order valence-corrected chi connectivity index (χ4v) is 7.00. The van der Waals surface area contributed by atoms with Crippen molar-refractivity contribution in [3.05, 3.63) is 120 Å². The Balaban J connectivity index is 1.09. The molecule has 0 saturated carbocycles. The standard InChI is InChI=1S/C41H30N6O/c1-41(2)29-13-9-11-27(25-19-21-33(42-23-25)39-44-31-15-5-7-17-35(31)46(39)3)37(29)48-38-28(12-10-14-30(38)41)26-20-22-34(43-24-26)40-45-32-16-6-8-18-36(32)47(40)4/h5,7,10,12-15,17,19-24H,6,16H2,1-4H3. The Bertz CT molecular complexity index is 2470. The highest BCUT2D eigenvalue weighted by atomic mass is 16.5. The van der Waals surface area contributed by atoms with Gasteiger partial charge in [-0.15, -0.1) is 0 Å². The van der Waals surface area contributed by atoms with Crippen LogP contribution >= 0.6 is 0 Å². The fourth-order valence-electron chi connectivity index (χ4n) is 7.00. The summed E-state index contributed by atoms with van der Waals surface area (Å²) in [7, 11) is 4.03. The van der Waals surface area contributed by atoms with E-state index in [0.29, 0.717) is 0 Å². The Morgan fingerprint density at radius 1 is 0.771 bits per heavy atom. The molecule has 0 amide bonds. The van der Waals surface area contributed by atoms with Gasteiger partial charge in [-0.1, -0.05) is 68.3 Å². The molecule has 0 atom stereocenters. The van der Waals surface area contributed by atoms with Gasteiger partial charge in [-0.25, -0.2) is 9.97 Å². The number of imidazole rings is 2. The molecular weight excluding hydrogens is 592 g/mol. The smallest absolute Gasteiger partial charge is 0.159 e. The molecule has 7 aromatic rings. The lowest BCUT2D eigenvalue weighted by Crippen LogP contribution is -2.24. The molecule has 0 N–H and O–H groups in total. The summed E-state index contributed by atoms with van der Waals surface area (Å²) >= 11 is 0. The second kappa shape index (κ2) is 10.4. The third-order valence-electron chi connectivity index (χ3n) is 9.68. The number of para-hydroxylation sites is 3. The van der Waals surface area contributed by atoms with E-state index >= 15 is 0 Å². The highest BCUT2D eigenvalue weighted by Crippen LogP contribution is 2.53. The Hall–Kier alpha value is -6.18. The lowest BCUT2D eigenvalue weighted by atomic mass is 9.74. The lowest BCUT2D eigenvalue weighted by molar-refractivity contribution is 0.421. The van der Waals surface area contributed by atoms with Crippen molar-refractivity contribution in [3.63, 3.8) is 0 Å². The fraction of sp³-hybridized carbons (Fsp3) is 0.171. The maximum Gasteiger partial charge on any atom is 0.159 e. The highest BCUT2D eigenvalue weighted by molar-refractivity contribution is 5.82. The molecule has 0 fully saturated rings. The van der Waals surface area contributed by atoms with Crippen LogP contribution < -0.4 is 4.74 Å². The van der Waals surface area contributed by atoms with Crippen LogP contribution in [0, 0.1) is 24.0 Å². The van der Waals surface area contributed by atoms with Crippen molar-refractivity contribution in [2.24, 2.45) is 14.1 Å². The van der Waals surface area contributed by atoms with Gasteiger partial charge < -0.3 is 13.9 Å². The van der Waals surface area contributed by atoms with Crippen LogP contribution in [-0.2, 0) is 25.9 Å². The number of benzene rings is 2. The molecule has 7 nitrogen and oxygen atoms in total. The van der Waals surface area contributed by atoms with E-state index < -0.39 is 0 Å². The van der Waals surface area contributed by atoms with Gasteiger partial charge in [-0.3, -0.25) is 9.97 Å². The first-order valence-corrected chi connectivity index (χ1v) is 16.1. The van der Waals surface area contributed by atoms with Crippen molar-refractivity contribution in [1.82, 2.24) is 29.1 Å². The van der Waals surface area contributed by atoms with E-state index in [2.05, 4.69) is 78.8 Å². The first kappa shape index (κ1) is 28.1. The molecule has 0 bridgehead atoms. The summed E-state index contributed by atoms with van der Waals surface area (Å²) in [5.74, 6) is 9.66. The summed E-state index contributed by atoms with van der Waals surface area (Å²) in [5.41, 5.74) is 11.1. The van der Waals surface area contributed by atoms with Gasteiger partial charge in [0.05, 0.1) is 22.3 Å². The van der Waals surface area contributed by atoms with Crippen LogP contribution in [0.25, 0.3) is 56.3 Å². The van der Waals surface area contributed by atoms with E-state index in [9.17, 15) is 0 Å². The zero-order valence-corrected chi connectivity index (χ0v) is 27.1. The number of aromatic nitrogens is 6. The second-order valence-corrected chi connectivity index (χ2v) is 12.9. The molecule has 0 saturated heterocycles. The maximum atomic E-state index is 6.89. The van der Waals surface area contributed by atoms with Crippen LogP contribution in [0.1, 0.15) is 42.8 Å². The third kappa shape index (κ3) is 4.18. The first-order chi connectivity index (χ1) is 23.4. The lowest BCUT2D eigenvalue weighted by Gasteiger charge is -2.35. The third-order valence-corrected chi connectivity index (χ3v) is 9.68. The van der Waals surface area contributed by atoms with Gasteiger partial charge in [-0.05, 0) is 42.3 Å². The molecule has 4 aromatic heterocycles. The minimum atomic E-state index is -0.347. The molecule has 1 aliphatic carbocycles. The van der Waals surface area contributed by atoms with Crippen molar-refractivity contribution in [2.45, 2.75) is 32.1 Å². The molecule has 7 heteroatoms. The predicted octanol–water partition coefficient (Wildman–Crippen LogP) is 8.09. The van der Waals surface area contributed by atoms with E-state index in [4.69, 9.17) is 24.7 Å². The number of fused-ring (bicyclic) bond motifs is 4. The zero-order chi connectivity index (χ0) is 32.6. The van der Waals surface area contributed by atoms with Gasteiger partial charge in [-0.2, -0.15) is 0 Å². The van der Waals surface area contributed by atoms with E-state index in [0.717, 1.165) is 103 Å². The van der Waals surface area contributed by atoms with Crippen LogP contribution in [0.15, 0.2) is 85.2 Å². The minimum absolute atomic E-state index is 0.347. The van der Waals surface area contributed by atoms with Gasteiger partial charge in [0, 0.05) is 72.6 Å². The van der Waals surface area contributed by atoms with Gasteiger partial charge in [0.2, 0.25) is 0 Å². The maximum absolute atomic E-state index is 6.89. The Morgan fingerprint density at radius 2 is 1.54 bits per heavy atom. The number of aryl methyl sites for hydroxylation is 2. The average molecular weight is 623 g/mol. The normalized spacial score (nSPS) is 13.8. The van der Waals surface area contributed by atoms with Crippen molar-refractivity contribution < 1.29 is 4.74 Å². The summed E-state index contributed by atoms with van der Waals surface area (Å²) < 4.78 is 11.0. The van der Waals surface area contributed by atoms with Crippen molar-refractivity contribution in [1.29, 1.82) is 0 Å². The van der Waals surface area contributed by atoms with Crippen molar-refractivity contribution in [2.75, 3.05) is 0 Å². The summed E-state index contributed by atoms with van der Waals surface area (Å²) in [6.45, 7) is 4.46. The number of nitrogens with zero attached hydrogens (tertiary/aromatic N) is 6. The molecule has 3 aromatic carbocycles. The molecule has 1 aliphatic heterocycles. The number of hydrogen-bond donors (Lipinski definition) is 0. The molecule has 0 unspecified atom stereocenters. The summed E-state index contributed by atoms with van der Waals surface area (Å²) in [6, 6.07) is 31.2. The average Bonchev–Trinajstić information content (AvgIpc) is 3.64. The van der Waals surface area contributed by atoms with E-state index in [1.807, 2.05) is 67.5 Å². The number of pyridine rings is 2. The first-order valence-electron chi connectivity index (χ1n) is 16.1. The van der Waals surface area contributed by atoms with Crippen LogP contribution in [0.5, 0.6) is 11.5 Å². The number of ether oxygens (including phenoxy) is 1. The molecule has 5 heterocycles.